The Kier molecular flexibility index (Phi) is 3.45. The van der Waals surface area contributed by atoms with Crippen molar-refractivity contribution in [1.29, 1.82) is 5.26 Å². The fourth-order valence-electron chi connectivity index (χ4n) is 3.11. The standard InChI is InChI=1S/C21H14N2O/c22-12-15-4-3-7-19-20(15)17-5-1-2-6-18(17)21(19)23-16-10-8-14(13-24)9-11-16/h1-11,24H,13H2. The van der Waals surface area contributed by atoms with Crippen LogP contribution >= 0.6 is 0 Å². The number of aliphatic hydroxyl groups is 1. The van der Waals surface area contributed by atoms with Gasteiger partial charge in [0, 0.05) is 16.7 Å². The Morgan fingerprint density at radius 1 is 0.833 bits per heavy atom. The van der Waals surface area contributed by atoms with E-state index in [-0.39, 0.29) is 6.61 Å². The maximum Gasteiger partial charge on any atom is 0.0998 e. The molecule has 0 atom stereocenters. The van der Waals surface area contributed by atoms with Crippen LogP contribution in [0.1, 0.15) is 22.3 Å². The lowest BCUT2D eigenvalue weighted by atomic mass is 10.0. The van der Waals surface area contributed by atoms with Gasteiger partial charge < -0.3 is 5.11 Å². The van der Waals surface area contributed by atoms with Gasteiger partial charge in [0.15, 0.2) is 0 Å². The van der Waals surface area contributed by atoms with E-state index in [0.29, 0.717) is 5.56 Å². The molecule has 0 bridgehead atoms. The molecule has 0 saturated heterocycles. The number of nitriles is 1. The van der Waals surface area contributed by atoms with E-state index in [1.165, 1.54) is 0 Å². The fourth-order valence-corrected chi connectivity index (χ4v) is 3.11. The monoisotopic (exact) mass is 310 g/mol. The zero-order valence-corrected chi connectivity index (χ0v) is 12.9. The summed E-state index contributed by atoms with van der Waals surface area (Å²) >= 11 is 0. The summed E-state index contributed by atoms with van der Waals surface area (Å²) in [5.41, 5.74) is 7.28. The Hall–Kier alpha value is -3.22. The normalized spacial score (nSPS) is 13.4. The van der Waals surface area contributed by atoms with Gasteiger partial charge in [-0.15, -0.1) is 0 Å². The highest BCUT2D eigenvalue weighted by Crippen LogP contribution is 2.39. The van der Waals surface area contributed by atoms with Crippen LogP contribution in [0.3, 0.4) is 0 Å². The number of hydrogen-bond acceptors (Lipinski definition) is 3. The number of nitrogens with zero attached hydrogens (tertiary/aromatic N) is 2. The maximum absolute atomic E-state index is 9.45. The van der Waals surface area contributed by atoms with Gasteiger partial charge in [0.05, 0.1) is 29.6 Å². The molecule has 24 heavy (non-hydrogen) atoms. The lowest BCUT2D eigenvalue weighted by Crippen LogP contribution is -1.97. The van der Waals surface area contributed by atoms with Gasteiger partial charge in [0.2, 0.25) is 0 Å². The molecule has 1 N–H and O–H groups in total. The van der Waals surface area contributed by atoms with Gasteiger partial charge in [-0.2, -0.15) is 5.26 Å². The van der Waals surface area contributed by atoms with E-state index >= 15 is 0 Å². The molecular weight excluding hydrogens is 296 g/mol. The van der Waals surface area contributed by atoms with Crippen molar-refractivity contribution < 1.29 is 5.11 Å². The number of hydrogen-bond donors (Lipinski definition) is 1. The topological polar surface area (TPSA) is 56.4 Å². The van der Waals surface area contributed by atoms with Gasteiger partial charge in [-0.1, -0.05) is 48.5 Å². The fraction of sp³-hybridized carbons (Fsp3) is 0.0476. The van der Waals surface area contributed by atoms with Crippen molar-refractivity contribution in [1.82, 2.24) is 0 Å². The van der Waals surface area contributed by atoms with Gasteiger partial charge in [0.25, 0.3) is 0 Å². The summed E-state index contributed by atoms with van der Waals surface area (Å²) in [6.07, 6.45) is 0. The van der Waals surface area contributed by atoms with Gasteiger partial charge in [-0.3, -0.25) is 0 Å². The molecule has 0 spiro atoms. The highest BCUT2D eigenvalue weighted by atomic mass is 16.3. The van der Waals surface area contributed by atoms with Crippen molar-refractivity contribution in [2.24, 2.45) is 4.99 Å². The predicted octanol–water partition coefficient (Wildman–Crippen LogP) is 4.20. The van der Waals surface area contributed by atoms with E-state index in [1.807, 2.05) is 66.7 Å². The molecule has 0 fully saturated rings. The van der Waals surface area contributed by atoms with Gasteiger partial charge >= 0.3 is 0 Å². The largest absolute Gasteiger partial charge is 0.392 e. The van der Waals surface area contributed by atoms with Crippen molar-refractivity contribution in [3.63, 3.8) is 0 Å². The molecule has 0 aromatic heterocycles. The van der Waals surface area contributed by atoms with Crippen molar-refractivity contribution in [3.8, 4) is 17.2 Å². The first-order valence-electron chi connectivity index (χ1n) is 7.73. The third-order valence-electron chi connectivity index (χ3n) is 4.25. The van der Waals surface area contributed by atoms with Gasteiger partial charge in [-0.05, 0) is 29.3 Å². The molecular formula is C21H14N2O. The number of benzene rings is 3. The summed E-state index contributed by atoms with van der Waals surface area (Å²) in [6, 6.07) is 23.6. The third kappa shape index (κ3) is 2.21. The zero-order chi connectivity index (χ0) is 16.5. The van der Waals surface area contributed by atoms with E-state index in [9.17, 15) is 5.26 Å². The molecule has 1 aliphatic rings. The molecule has 0 aliphatic heterocycles. The minimum atomic E-state index is 0.0219. The minimum Gasteiger partial charge on any atom is -0.392 e. The molecule has 0 unspecified atom stereocenters. The van der Waals surface area contributed by atoms with Crippen molar-refractivity contribution in [2.75, 3.05) is 0 Å². The Balaban J connectivity index is 1.94. The predicted molar refractivity (Wildman–Crippen MR) is 94.3 cm³/mol. The second-order valence-electron chi connectivity index (χ2n) is 5.67. The van der Waals surface area contributed by atoms with Crippen LogP contribution in [0.2, 0.25) is 0 Å². The van der Waals surface area contributed by atoms with E-state index < -0.39 is 0 Å². The summed E-state index contributed by atoms with van der Waals surface area (Å²) in [5.74, 6) is 0. The van der Waals surface area contributed by atoms with Crippen LogP contribution in [0.5, 0.6) is 0 Å². The number of rotatable bonds is 2. The van der Waals surface area contributed by atoms with Crippen LogP contribution in [0.25, 0.3) is 11.1 Å². The van der Waals surface area contributed by atoms with Crippen molar-refractivity contribution in [2.45, 2.75) is 6.61 Å². The van der Waals surface area contributed by atoms with E-state index in [1.54, 1.807) is 0 Å². The summed E-state index contributed by atoms with van der Waals surface area (Å²) in [4.78, 5) is 4.82. The lowest BCUT2D eigenvalue weighted by Gasteiger charge is -2.03. The first-order valence-corrected chi connectivity index (χ1v) is 7.73. The zero-order valence-electron chi connectivity index (χ0n) is 12.9. The molecule has 0 amide bonds. The Morgan fingerprint density at radius 3 is 2.25 bits per heavy atom. The molecule has 3 nitrogen and oxygen atoms in total. The second kappa shape index (κ2) is 5.77. The molecule has 0 heterocycles. The minimum absolute atomic E-state index is 0.0219. The summed E-state index contributed by atoms with van der Waals surface area (Å²) in [6.45, 7) is 0.0219. The summed E-state index contributed by atoms with van der Waals surface area (Å²) in [7, 11) is 0. The summed E-state index contributed by atoms with van der Waals surface area (Å²) < 4.78 is 0. The third-order valence-corrected chi connectivity index (χ3v) is 4.25. The number of fused-ring (bicyclic) bond motifs is 3. The Morgan fingerprint density at radius 2 is 1.54 bits per heavy atom. The molecule has 4 rings (SSSR count). The first-order chi connectivity index (χ1) is 11.8. The maximum atomic E-state index is 9.45. The molecule has 0 saturated carbocycles. The molecule has 114 valence electrons. The highest BCUT2D eigenvalue weighted by molar-refractivity contribution is 6.25. The van der Waals surface area contributed by atoms with Crippen LogP contribution in [0, 0.1) is 11.3 Å². The SMILES string of the molecule is N#Cc1cccc2c1-c1ccccc1C2=Nc1ccc(CO)cc1. The van der Waals surface area contributed by atoms with Gasteiger partial charge in [-0.25, -0.2) is 4.99 Å². The first kappa shape index (κ1) is 14.4. The Bertz CT molecular complexity index is 995. The molecule has 3 aromatic carbocycles. The average Bonchev–Trinajstić information content (AvgIpc) is 2.97. The lowest BCUT2D eigenvalue weighted by molar-refractivity contribution is 0.282. The van der Waals surface area contributed by atoms with Crippen molar-refractivity contribution in [3.05, 3.63) is 89.0 Å². The van der Waals surface area contributed by atoms with Crippen LogP contribution in [0.4, 0.5) is 5.69 Å². The van der Waals surface area contributed by atoms with Crippen LogP contribution in [-0.2, 0) is 6.61 Å². The molecule has 3 aromatic rings. The van der Waals surface area contributed by atoms with E-state index in [0.717, 1.165) is 39.2 Å². The highest BCUT2D eigenvalue weighted by Gasteiger charge is 2.26. The molecule has 0 radical (unpaired) electrons. The Labute approximate surface area is 140 Å². The number of aliphatic imine (C=N–C) groups is 1. The quantitative estimate of drug-likeness (QED) is 0.603. The van der Waals surface area contributed by atoms with Crippen LogP contribution in [0.15, 0.2) is 71.7 Å². The van der Waals surface area contributed by atoms with E-state index in [4.69, 9.17) is 10.1 Å². The van der Waals surface area contributed by atoms with Crippen LogP contribution < -0.4 is 0 Å². The average molecular weight is 310 g/mol. The van der Waals surface area contributed by atoms with E-state index in [2.05, 4.69) is 6.07 Å². The van der Waals surface area contributed by atoms with Crippen molar-refractivity contribution >= 4 is 11.4 Å². The smallest absolute Gasteiger partial charge is 0.0998 e. The van der Waals surface area contributed by atoms with Gasteiger partial charge in [0.1, 0.15) is 0 Å². The second-order valence-corrected chi connectivity index (χ2v) is 5.67. The van der Waals surface area contributed by atoms with Crippen LogP contribution in [-0.4, -0.2) is 10.8 Å². The summed E-state index contributed by atoms with van der Waals surface area (Å²) in [5, 5.41) is 18.6. The molecule has 1 aliphatic carbocycles. The number of aliphatic hydroxyl groups excluding tert-OH is 1. The molecule has 3 heteroatoms.